The fourth-order valence-electron chi connectivity index (χ4n) is 3.11. The molecule has 1 aliphatic carbocycles. The van der Waals surface area contributed by atoms with Gasteiger partial charge in [-0.05, 0) is 43.0 Å². The van der Waals surface area contributed by atoms with Crippen molar-refractivity contribution in [2.75, 3.05) is 26.4 Å². The molecule has 3 rings (SSSR count). The van der Waals surface area contributed by atoms with Crippen LogP contribution in [-0.4, -0.2) is 36.5 Å². The Hall–Kier alpha value is -0.880. The minimum absolute atomic E-state index is 0.0878. The molecule has 1 heterocycles. The molecule has 0 bridgehead atoms. The summed E-state index contributed by atoms with van der Waals surface area (Å²) in [6.45, 7) is 1.95. The lowest BCUT2D eigenvalue weighted by atomic mass is 9.92. The van der Waals surface area contributed by atoms with Crippen LogP contribution in [0.5, 0.6) is 0 Å². The van der Waals surface area contributed by atoms with E-state index in [-0.39, 0.29) is 6.61 Å². The van der Waals surface area contributed by atoms with Gasteiger partial charge in [0.15, 0.2) is 0 Å². The number of halogens is 1. The molecule has 114 valence electrons. The van der Waals surface area contributed by atoms with Crippen LogP contribution in [0.2, 0.25) is 0 Å². The first-order chi connectivity index (χ1) is 10.3. The lowest BCUT2D eigenvalue weighted by Gasteiger charge is -2.24. The van der Waals surface area contributed by atoms with E-state index in [1.54, 1.807) is 0 Å². The van der Waals surface area contributed by atoms with Crippen LogP contribution in [0.3, 0.4) is 0 Å². The van der Waals surface area contributed by atoms with Crippen LogP contribution in [0.1, 0.15) is 30.1 Å². The normalized spacial score (nSPS) is 18.1. The summed E-state index contributed by atoms with van der Waals surface area (Å²) in [7, 11) is 0. The number of aromatic amines is 1. The van der Waals surface area contributed by atoms with Crippen LogP contribution in [0.25, 0.3) is 10.9 Å². The van der Waals surface area contributed by atoms with E-state index in [0.29, 0.717) is 19.3 Å². The Bertz CT molecular complexity index is 612. The summed E-state index contributed by atoms with van der Waals surface area (Å²) in [6, 6.07) is 6.80. The third kappa shape index (κ3) is 3.31. The highest BCUT2D eigenvalue weighted by Crippen LogP contribution is 2.35. The summed E-state index contributed by atoms with van der Waals surface area (Å²) in [5.41, 5.74) is 4.00. The second kappa shape index (κ2) is 6.92. The summed E-state index contributed by atoms with van der Waals surface area (Å²) in [4.78, 5) is 3.58. The van der Waals surface area contributed by atoms with Gasteiger partial charge >= 0.3 is 0 Å². The highest BCUT2D eigenvalue weighted by Gasteiger charge is 2.23. The Balaban J connectivity index is 1.74. The molecular formula is C16H21BrN2O2. The number of aryl methyl sites for hydroxylation is 1. The van der Waals surface area contributed by atoms with Crippen LogP contribution < -0.4 is 5.32 Å². The number of aliphatic hydroxyl groups excluding tert-OH is 1. The van der Waals surface area contributed by atoms with Gasteiger partial charge in [0.1, 0.15) is 0 Å². The quantitative estimate of drug-likeness (QED) is 0.700. The Labute approximate surface area is 133 Å². The van der Waals surface area contributed by atoms with Crippen LogP contribution in [0, 0.1) is 0 Å². The molecule has 0 fully saturated rings. The van der Waals surface area contributed by atoms with E-state index >= 15 is 0 Å². The second-order valence-electron chi connectivity index (χ2n) is 5.44. The molecule has 0 radical (unpaired) electrons. The zero-order chi connectivity index (χ0) is 14.7. The molecule has 3 N–H and O–H groups in total. The number of aromatic nitrogens is 1. The maximum atomic E-state index is 8.69. The van der Waals surface area contributed by atoms with E-state index in [2.05, 4.69) is 44.4 Å². The van der Waals surface area contributed by atoms with Crippen molar-refractivity contribution in [2.24, 2.45) is 0 Å². The second-order valence-corrected chi connectivity index (χ2v) is 6.36. The lowest BCUT2D eigenvalue weighted by Crippen LogP contribution is -2.28. The summed E-state index contributed by atoms with van der Waals surface area (Å²) in [5, 5.41) is 13.6. The van der Waals surface area contributed by atoms with Gasteiger partial charge in [0.2, 0.25) is 0 Å². The van der Waals surface area contributed by atoms with E-state index in [1.807, 2.05) is 0 Å². The molecule has 5 heteroatoms. The molecule has 0 saturated carbocycles. The molecule has 4 nitrogen and oxygen atoms in total. The smallest absolute Gasteiger partial charge is 0.0698 e. The predicted octanol–water partition coefficient (Wildman–Crippen LogP) is 2.91. The zero-order valence-electron chi connectivity index (χ0n) is 12.0. The van der Waals surface area contributed by atoms with Gasteiger partial charge in [-0.2, -0.15) is 0 Å². The molecule has 0 spiro atoms. The molecule has 1 unspecified atom stereocenters. The van der Waals surface area contributed by atoms with Crippen molar-refractivity contribution >= 4 is 26.8 Å². The van der Waals surface area contributed by atoms with Crippen molar-refractivity contribution in [1.82, 2.24) is 10.3 Å². The summed E-state index contributed by atoms with van der Waals surface area (Å²) < 4.78 is 6.44. The molecule has 2 aromatic rings. The topological polar surface area (TPSA) is 57.3 Å². The number of benzene rings is 1. The molecular weight excluding hydrogens is 332 g/mol. The number of hydrogen-bond donors (Lipinski definition) is 3. The number of rotatable bonds is 6. The Morgan fingerprint density at radius 2 is 2.29 bits per heavy atom. The van der Waals surface area contributed by atoms with Crippen LogP contribution in [-0.2, 0) is 11.2 Å². The third-order valence-electron chi connectivity index (χ3n) is 4.04. The van der Waals surface area contributed by atoms with Gasteiger partial charge in [0.05, 0.1) is 19.8 Å². The van der Waals surface area contributed by atoms with E-state index in [0.717, 1.165) is 23.9 Å². The fraction of sp³-hybridized carbons (Fsp3) is 0.500. The van der Waals surface area contributed by atoms with Gasteiger partial charge in [-0.3, -0.25) is 0 Å². The molecule has 1 atom stereocenters. The molecule has 21 heavy (non-hydrogen) atoms. The number of aliphatic hydroxyl groups is 1. The molecule has 1 aliphatic rings. The van der Waals surface area contributed by atoms with Crippen molar-refractivity contribution in [3.63, 3.8) is 0 Å². The van der Waals surface area contributed by atoms with Gasteiger partial charge in [0, 0.05) is 33.7 Å². The van der Waals surface area contributed by atoms with Crippen LogP contribution in [0.4, 0.5) is 0 Å². The lowest BCUT2D eigenvalue weighted by molar-refractivity contribution is 0.0922. The number of nitrogens with one attached hydrogen (secondary N) is 2. The van der Waals surface area contributed by atoms with E-state index in [9.17, 15) is 0 Å². The van der Waals surface area contributed by atoms with E-state index in [1.165, 1.54) is 28.6 Å². The number of ether oxygens (including phenoxy) is 1. The fourth-order valence-corrected chi connectivity index (χ4v) is 3.47. The number of fused-ring (bicyclic) bond motifs is 3. The third-order valence-corrected chi connectivity index (χ3v) is 4.54. The van der Waals surface area contributed by atoms with Crippen LogP contribution in [0.15, 0.2) is 22.7 Å². The van der Waals surface area contributed by atoms with Crippen molar-refractivity contribution in [3.05, 3.63) is 33.9 Å². The molecule has 1 aromatic carbocycles. The van der Waals surface area contributed by atoms with Gasteiger partial charge in [-0.25, -0.2) is 0 Å². The molecule has 0 saturated heterocycles. The average molecular weight is 353 g/mol. The average Bonchev–Trinajstić information content (AvgIpc) is 2.86. The Kier molecular flexibility index (Phi) is 4.95. The largest absolute Gasteiger partial charge is 0.394 e. The van der Waals surface area contributed by atoms with E-state index in [4.69, 9.17) is 9.84 Å². The summed E-state index contributed by atoms with van der Waals surface area (Å²) in [6.07, 6.45) is 3.51. The van der Waals surface area contributed by atoms with Gasteiger partial charge in [-0.15, -0.1) is 0 Å². The predicted molar refractivity (Wildman–Crippen MR) is 87.6 cm³/mol. The highest BCUT2D eigenvalue weighted by molar-refractivity contribution is 9.10. The van der Waals surface area contributed by atoms with Crippen molar-refractivity contribution < 1.29 is 9.84 Å². The monoisotopic (exact) mass is 352 g/mol. The van der Waals surface area contributed by atoms with Crippen molar-refractivity contribution in [2.45, 2.75) is 25.3 Å². The number of hydrogen-bond acceptors (Lipinski definition) is 3. The van der Waals surface area contributed by atoms with Crippen molar-refractivity contribution in [1.29, 1.82) is 0 Å². The first-order valence-electron chi connectivity index (χ1n) is 7.51. The zero-order valence-corrected chi connectivity index (χ0v) is 13.6. The maximum absolute atomic E-state index is 8.69. The van der Waals surface area contributed by atoms with Gasteiger partial charge in [0.25, 0.3) is 0 Å². The maximum Gasteiger partial charge on any atom is 0.0698 e. The van der Waals surface area contributed by atoms with E-state index < -0.39 is 0 Å². The van der Waals surface area contributed by atoms with Gasteiger partial charge in [-0.1, -0.05) is 15.9 Å². The first kappa shape index (κ1) is 15.0. The standard InChI is InChI=1S/C16H21BrN2O2/c17-11-4-5-14-13(10-11)12-2-1-3-15(16(12)19-14)18-6-8-21-9-7-20/h4-5,10,15,18-20H,1-3,6-9H2. The Morgan fingerprint density at radius 3 is 3.14 bits per heavy atom. The molecule has 0 amide bonds. The van der Waals surface area contributed by atoms with Crippen molar-refractivity contribution in [3.8, 4) is 0 Å². The first-order valence-corrected chi connectivity index (χ1v) is 8.31. The molecule has 0 aliphatic heterocycles. The van der Waals surface area contributed by atoms with Crippen LogP contribution >= 0.6 is 15.9 Å². The van der Waals surface area contributed by atoms with Gasteiger partial charge < -0.3 is 20.1 Å². The number of H-pyrrole nitrogens is 1. The summed E-state index contributed by atoms with van der Waals surface area (Å²) >= 11 is 3.56. The minimum Gasteiger partial charge on any atom is -0.394 e. The molecule has 1 aromatic heterocycles. The minimum atomic E-state index is 0.0878. The highest BCUT2D eigenvalue weighted by atomic mass is 79.9. The summed E-state index contributed by atoms with van der Waals surface area (Å²) in [5.74, 6) is 0. The Morgan fingerprint density at radius 1 is 1.38 bits per heavy atom. The SMILES string of the molecule is OCCOCCNC1CCCc2c1[nH]c1ccc(Br)cc21.